The molecule has 1 atom stereocenters. The van der Waals surface area contributed by atoms with Gasteiger partial charge in [0, 0.05) is 24.4 Å². The molecule has 34 heavy (non-hydrogen) atoms. The Kier molecular flexibility index (Phi) is 6.40. The van der Waals surface area contributed by atoms with Gasteiger partial charge >= 0.3 is 5.97 Å². The van der Waals surface area contributed by atoms with Crippen molar-refractivity contribution in [2.75, 3.05) is 7.11 Å². The minimum Gasteiger partial charge on any atom is -0.469 e. The Balaban J connectivity index is 1.50. The molecule has 0 bridgehead atoms. The van der Waals surface area contributed by atoms with E-state index in [9.17, 15) is 18.8 Å². The molecule has 3 aromatic rings. The smallest absolute Gasteiger partial charge is 0.311 e. The highest BCUT2D eigenvalue weighted by Gasteiger charge is 2.36. The first-order valence-corrected chi connectivity index (χ1v) is 10.8. The second kappa shape index (κ2) is 9.42. The van der Waals surface area contributed by atoms with E-state index in [-0.39, 0.29) is 29.7 Å². The van der Waals surface area contributed by atoms with Crippen molar-refractivity contribution in [1.29, 1.82) is 0 Å². The minimum absolute atomic E-state index is 0.0520. The lowest BCUT2D eigenvalue weighted by atomic mass is 9.78. The number of hydrogen-bond acceptors (Lipinski definition) is 6. The van der Waals surface area contributed by atoms with Crippen LogP contribution in [0.15, 0.2) is 54.4 Å². The van der Waals surface area contributed by atoms with Crippen LogP contribution in [0.3, 0.4) is 0 Å². The summed E-state index contributed by atoms with van der Waals surface area (Å²) in [5.41, 5.74) is 1.33. The zero-order valence-corrected chi connectivity index (χ0v) is 18.8. The van der Waals surface area contributed by atoms with Crippen LogP contribution in [0.5, 0.6) is 0 Å². The maximum absolute atomic E-state index is 13.1. The molecule has 2 heterocycles. The average molecular weight is 465 g/mol. The molecule has 0 fully saturated rings. The molecule has 0 spiro atoms. The number of carbonyl (C=O) groups is 3. The van der Waals surface area contributed by atoms with E-state index in [4.69, 9.17) is 4.74 Å². The van der Waals surface area contributed by atoms with Gasteiger partial charge in [0.25, 0.3) is 11.8 Å². The van der Waals surface area contributed by atoms with Crippen LogP contribution in [0.1, 0.15) is 52.7 Å². The van der Waals surface area contributed by atoms with E-state index in [1.165, 1.54) is 36.0 Å². The summed E-state index contributed by atoms with van der Waals surface area (Å²) in [4.78, 5) is 42.1. The largest absolute Gasteiger partial charge is 0.469 e. The molecule has 1 aliphatic rings. The van der Waals surface area contributed by atoms with E-state index in [0.717, 1.165) is 5.56 Å². The van der Waals surface area contributed by atoms with Crippen molar-refractivity contribution in [3.05, 3.63) is 77.1 Å². The highest BCUT2D eigenvalue weighted by molar-refractivity contribution is 5.98. The summed E-state index contributed by atoms with van der Waals surface area (Å²) in [6.07, 6.45) is 4.78. The van der Waals surface area contributed by atoms with Gasteiger partial charge in [-0.2, -0.15) is 5.10 Å². The quantitative estimate of drug-likeness (QED) is 0.541. The number of rotatable bonds is 6. The van der Waals surface area contributed by atoms with Crippen molar-refractivity contribution in [3.8, 4) is 0 Å². The van der Waals surface area contributed by atoms with Crippen molar-refractivity contribution in [3.63, 3.8) is 0 Å². The summed E-state index contributed by atoms with van der Waals surface area (Å²) in [5, 5.41) is 9.72. The van der Waals surface area contributed by atoms with Gasteiger partial charge in [-0.05, 0) is 43.9 Å². The second-order valence-corrected chi connectivity index (χ2v) is 8.38. The monoisotopic (exact) mass is 465 g/mol. The molecule has 176 valence electrons. The van der Waals surface area contributed by atoms with Crippen LogP contribution in [0, 0.1) is 11.2 Å². The van der Waals surface area contributed by atoms with E-state index in [2.05, 4.69) is 20.7 Å². The number of nitrogens with zero attached hydrogens (tertiary/aromatic N) is 3. The fraction of sp³-hybridized carbons (Fsp3) is 0.292. The summed E-state index contributed by atoms with van der Waals surface area (Å²) in [7, 11) is 1.36. The Morgan fingerprint density at radius 3 is 2.62 bits per heavy atom. The third-order valence-electron chi connectivity index (χ3n) is 5.89. The molecular weight excluding hydrogens is 441 g/mol. The molecule has 4 rings (SSSR count). The van der Waals surface area contributed by atoms with Gasteiger partial charge in [0.15, 0.2) is 5.65 Å². The first-order valence-electron chi connectivity index (χ1n) is 10.8. The zero-order valence-electron chi connectivity index (χ0n) is 18.8. The Bertz CT molecular complexity index is 1280. The SMILES string of the molecule is COC(=O)C1(C)CC=C(NC(=O)c2cc(C(=O)NCc3ccc(F)cc3)nc3ccnn23)CC1. The van der Waals surface area contributed by atoms with Crippen molar-refractivity contribution in [1.82, 2.24) is 25.2 Å². The van der Waals surface area contributed by atoms with Crippen LogP contribution < -0.4 is 10.6 Å². The summed E-state index contributed by atoms with van der Waals surface area (Å²) in [6.45, 7) is 2.01. The van der Waals surface area contributed by atoms with Gasteiger partial charge in [-0.3, -0.25) is 14.4 Å². The van der Waals surface area contributed by atoms with Gasteiger partial charge in [-0.25, -0.2) is 13.9 Å². The number of amides is 2. The van der Waals surface area contributed by atoms with Crippen molar-refractivity contribution in [2.24, 2.45) is 5.41 Å². The molecular formula is C24H24FN5O4. The first-order chi connectivity index (χ1) is 16.3. The maximum atomic E-state index is 13.1. The number of ether oxygens (including phenoxy) is 1. The number of fused-ring (bicyclic) bond motifs is 1. The molecule has 9 nitrogen and oxygen atoms in total. The normalized spacial score (nSPS) is 17.7. The van der Waals surface area contributed by atoms with Gasteiger partial charge < -0.3 is 15.4 Å². The molecule has 1 unspecified atom stereocenters. The van der Waals surface area contributed by atoms with E-state index in [1.54, 1.807) is 18.2 Å². The number of methoxy groups -OCH3 is 1. The average Bonchev–Trinajstić information content (AvgIpc) is 3.32. The zero-order chi connectivity index (χ0) is 24.3. The summed E-state index contributed by atoms with van der Waals surface area (Å²) in [6, 6.07) is 8.74. The van der Waals surface area contributed by atoms with Crippen LogP contribution in [-0.2, 0) is 16.1 Å². The fourth-order valence-electron chi connectivity index (χ4n) is 3.78. The van der Waals surface area contributed by atoms with Gasteiger partial charge in [0.2, 0.25) is 0 Å². The van der Waals surface area contributed by atoms with Crippen molar-refractivity contribution < 1.29 is 23.5 Å². The van der Waals surface area contributed by atoms with Gasteiger partial charge in [-0.1, -0.05) is 18.2 Å². The van der Waals surface area contributed by atoms with Crippen molar-refractivity contribution in [2.45, 2.75) is 32.7 Å². The van der Waals surface area contributed by atoms with Crippen LogP contribution in [0.25, 0.3) is 5.65 Å². The van der Waals surface area contributed by atoms with Crippen LogP contribution in [0.2, 0.25) is 0 Å². The molecule has 1 aromatic carbocycles. The molecule has 0 radical (unpaired) electrons. The predicted octanol–water partition coefficient (Wildman–Crippen LogP) is 2.78. The highest BCUT2D eigenvalue weighted by atomic mass is 19.1. The van der Waals surface area contributed by atoms with Gasteiger partial charge in [-0.15, -0.1) is 0 Å². The molecule has 0 saturated carbocycles. The second-order valence-electron chi connectivity index (χ2n) is 8.38. The summed E-state index contributed by atoms with van der Waals surface area (Å²) in [5.74, 6) is -1.57. The van der Waals surface area contributed by atoms with E-state index < -0.39 is 17.2 Å². The third-order valence-corrected chi connectivity index (χ3v) is 5.89. The Morgan fingerprint density at radius 1 is 1.18 bits per heavy atom. The lowest BCUT2D eigenvalue weighted by Crippen LogP contribution is -2.34. The third kappa shape index (κ3) is 4.80. The first kappa shape index (κ1) is 23.1. The molecule has 2 aromatic heterocycles. The Hall–Kier alpha value is -4.08. The van der Waals surface area contributed by atoms with E-state index >= 15 is 0 Å². The number of halogens is 1. The Morgan fingerprint density at radius 2 is 1.94 bits per heavy atom. The highest BCUT2D eigenvalue weighted by Crippen LogP contribution is 2.35. The van der Waals surface area contributed by atoms with Crippen LogP contribution in [0.4, 0.5) is 4.39 Å². The predicted molar refractivity (Wildman–Crippen MR) is 120 cm³/mol. The molecule has 0 aliphatic heterocycles. The Labute approximate surface area is 195 Å². The standard InChI is InChI=1S/C24H24FN5O4/c1-24(23(33)34-2)10-7-17(8-11-24)28-22(32)19-13-18(29-20-9-12-27-30(19)20)21(31)26-14-15-3-5-16(25)6-4-15/h3-7,9,12-13H,8,10-11,14H2,1-2H3,(H,26,31)(H,28,32). The number of hydrogen-bond donors (Lipinski definition) is 2. The fourth-order valence-corrected chi connectivity index (χ4v) is 3.78. The van der Waals surface area contributed by atoms with Gasteiger partial charge in [0.05, 0.1) is 18.7 Å². The summed E-state index contributed by atoms with van der Waals surface area (Å²) < 4.78 is 19.3. The lowest BCUT2D eigenvalue weighted by Gasteiger charge is -2.30. The lowest BCUT2D eigenvalue weighted by molar-refractivity contribution is -0.152. The summed E-state index contributed by atoms with van der Waals surface area (Å²) >= 11 is 0. The van der Waals surface area contributed by atoms with Gasteiger partial charge in [0.1, 0.15) is 17.2 Å². The topological polar surface area (TPSA) is 115 Å². The molecule has 1 aliphatic carbocycles. The number of benzene rings is 1. The molecule has 2 amide bonds. The number of nitrogens with one attached hydrogen (secondary N) is 2. The van der Waals surface area contributed by atoms with E-state index in [0.29, 0.717) is 30.6 Å². The molecule has 2 N–H and O–H groups in total. The molecule has 0 saturated heterocycles. The number of aromatic nitrogens is 3. The number of carbonyl (C=O) groups excluding carboxylic acids is 3. The van der Waals surface area contributed by atoms with E-state index in [1.807, 2.05) is 13.0 Å². The van der Waals surface area contributed by atoms with Crippen LogP contribution >= 0.6 is 0 Å². The number of allylic oxidation sites excluding steroid dienone is 2. The van der Waals surface area contributed by atoms with Crippen molar-refractivity contribution >= 4 is 23.4 Å². The minimum atomic E-state index is -0.620. The maximum Gasteiger partial charge on any atom is 0.311 e. The van der Waals surface area contributed by atoms with Crippen LogP contribution in [-0.4, -0.2) is 39.5 Å². The molecule has 10 heteroatoms. The number of esters is 1.